The first-order chi connectivity index (χ1) is 19.4. The van der Waals surface area contributed by atoms with Gasteiger partial charge in [-0.2, -0.15) is 0 Å². The zero-order valence-corrected chi connectivity index (χ0v) is 23.5. The number of aromatic nitrogens is 2. The molecule has 2 heterocycles. The molecule has 0 spiro atoms. The predicted octanol–water partition coefficient (Wildman–Crippen LogP) is 3.63. The molecule has 2 aromatic heterocycles. The van der Waals surface area contributed by atoms with Crippen LogP contribution in [0.15, 0.2) is 79.5 Å². The SMILES string of the molecule is Cc1cc(NS(=O)(=O)c2ccc(NC(=O)CCCC(=O)Nc3ccc(S(=O)(=O)Nc4cc(C)on4)cc3)cc2)no1. The second-order valence-electron chi connectivity index (χ2n) is 8.86. The molecule has 2 amide bonds. The van der Waals surface area contributed by atoms with Crippen LogP contribution in [0.5, 0.6) is 0 Å². The lowest BCUT2D eigenvalue weighted by atomic mass is 10.2. The molecular formula is C25H26N6O8S2. The van der Waals surface area contributed by atoms with Gasteiger partial charge in [-0.3, -0.25) is 19.0 Å². The van der Waals surface area contributed by atoms with E-state index in [4.69, 9.17) is 9.05 Å². The van der Waals surface area contributed by atoms with Gasteiger partial charge in [-0.15, -0.1) is 0 Å². The Morgan fingerprint density at radius 3 is 1.34 bits per heavy atom. The molecule has 16 heteroatoms. The zero-order valence-electron chi connectivity index (χ0n) is 21.9. The molecule has 0 bridgehead atoms. The summed E-state index contributed by atoms with van der Waals surface area (Å²) in [7, 11) is -7.77. The van der Waals surface area contributed by atoms with Crippen LogP contribution in [0.4, 0.5) is 23.0 Å². The van der Waals surface area contributed by atoms with E-state index in [0.29, 0.717) is 22.9 Å². The van der Waals surface area contributed by atoms with Crippen LogP contribution in [0.2, 0.25) is 0 Å². The predicted molar refractivity (Wildman–Crippen MR) is 148 cm³/mol. The summed E-state index contributed by atoms with van der Waals surface area (Å²) in [4.78, 5) is 24.5. The molecule has 0 unspecified atom stereocenters. The van der Waals surface area contributed by atoms with Crippen molar-refractivity contribution in [1.29, 1.82) is 0 Å². The van der Waals surface area contributed by atoms with Crippen LogP contribution in [0.1, 0.15) is 30.8 Å². The van der Waals surface area contributed by atoms with Gasteiger partial charge in [0.2, 0.25) is 11.8 Å². The number of aryl methyl sites for hydroxylation is 2. The normalized spacial score (nSPS) is 11.6. The minimum atomic E-state index is -3.89. The van der Waals surface area contributed by atoms with Gasteiger partial charge in [-0.1, -0.05) is 10.3 Å². The molecule has 41 heavy (non-hydrogen) atoms. The first-order valence-corrected chi connectivity index (χ1v) is 15.1. The Morgan fingerprint density at radius 2 is 1.02 bits per heavy atom. The van der Waals surface area contributed by atoms with E-state index in [1.54, 1.807) is 13.8 Å². The minimum absolute atomic E-state index is 0.0280. The maximum absolute atomic E-state index is 12.5. The van der Waals surface area contributed by atoms with Gasteiger partial charge in [-0.05, 0) is 68.8 Å². The van der Waals surface area contributed by atoms with Gasteiger partial charge in [0.1, 0.15) is 11.5 Å². The molecule has 14 nitrogen and oxygen atoms in total. The van der Waals surface area contributed by atoms with Crippen LogP contribution in [0.3, 0.4) is 0 Å². The van der Waals surface area contributed by atoms with Gasteiger partial charge in [0.15, 0.2) is 11.6 Å². The van der Waals surface area contributed by atoms with E-state index < -0.39 is 20.0 Å². The largest absolute Gasteiger partial charge is 0.360 e. The highest BCUT2D eigenvalue weighted by Gasteiger charge is 2.18. The summed E-state index contributed by atoms with van der Waals surface area (Å²) >= 11 is 0. The molecule has 0 atom stereocenters. The summed E-state index contributed by atoms with van der Waals surface area (Å²) in [6.45, 7) is 3.26. The summed E-state index contributed by atoms with van der Waals surface area (Å²) in [5.74, 6) is 0.311. The quantitative estimate of drug-likeness (QED) is 0.185. The summed E-state index contributed by atoms with van der Waals surface area (Å²) in [6, 6.07) is 14.0. The fourth-order valence-corrected chi connectivity index (χ4v) is 5.48. The van der Waals surface area contributed by atoms with Crippen LogP contribution < -0.4 is 20.1 Å². The lowest BCUT2D eigenvalue weighted by Gasteiger charge is -2.09. The third-order valence-corrected chi connectivity index (χ3v) is 8.18. The van der Waals surface area contributed by atoms with E-state index in [0.717, 1.165) is 0 Å². The number of nitrogens with zero attached hydrogens (tertiary/aromatic N) is 2. The molecule has 0 radical (unpaired) electrons. The van der Waals surface area contributed by atoms with Gasteiger partial charge in [0.05, 0.1) is 9.79 Å². The molecular weight excluding hydrogens is 576 g/mol. The highest BCUT2D eigenvalue weighted by molar-refractivity contribution is 7.93. The fraction of sp³-hybridized carbons (Fsp3) is 0.200. The Bertz CT molecular complexity index is 1620. The van der Waals surface area contributed by atoms with Crippen molar-refractivity contribution in [3.05, 3.63) is 72.2 Å². The lowest BCUT2D eigenvalue weighted by molar-refractivity contribution is -0.117. The molecule has 0 saturated heterocycles. The van der Waals surface area contributed by atoms with Gasteiger partial charge in [0, 0.05) is 36.3 Å². The summed E-state index contributed by atoms with van der Waals surface area (Å²) < 4.78 is 64.1. The number of rotatable bonds is 12. The number of hydrogen-bond acceptors (Lipinski definition) is 10. The first-order valence-electron chi connectivity index (χ1n) is 12.1. The van der Waals surface area contributed by atoms with Gasteiger partial charge >= 0.3 is 0 Å². The number of carbonyl (C=O) groups is 2. The van der Waals surface area contributed by atoms with E-state index in [1.165, 1.54) is 60.7 Å². The smallest absolute Gasteiger partial charge is 0.263 e. The Kier molecular flexibility index (Phi) is 8.73. The Balaban J connectivity index is 1.20. The third-order valence-electron chi connectivity index (χ3n) is 5.44. The number of anilines is 4. The Labute approximate surface area is 235 Å². The van der Waals surface area contributed by atoms with Gasteiger partial charge < -0.3 is 19.7 Å². The van der Waals surface area contributed by atoms with Gasteiger partial charge in [-0.25, -0.2) is 16.8 Å². The maximum Gasteiger partial charge on any atom is 0.263 e. The average molecular weight is 603 g/mol. The second kappa shape index (κ2) is 12.2. The molecule has 0 fully saturated rings. The van der Waals surface area contributed by atoms with Crippen molar-refractivity contribution in [2.75, 3.05) is 20.1 Å². The summed E-state index contributed by atoms with van der Waals surface area (Å²) in [5, 5.41) is 12.5. The molecule has 216 valence electrons. The van der Waals surface area contributed by atoms with Crippen LogP contribution >= 0.6 is 0 Å². The number of amides is 2. The second-order valence-corrected chi connectivity index (χ2v) is 12.2. The van der Waals surface area contributed by atoms with Crippen LogP contribution in [0, 0.1) is 13.8 Å². The molecule has 0 aliphatic carbocycles. The minimum Gasteiger partial charge on any atom is -0.360 e. The van der Waals surface area contributed by atoms with Crippen molar-refractivity contribution in [2.45, 2.75) is 42.9 Å². The molecule has 0 aliphatic rings. The molecule has 4 aromatic rings. The zero-order chi connectivity index (χ0) is 29.6. The molecule has 0 aliphatic heterocycles. The first kappa shape index (κ1) is 29.3. The standard InChI is InChI=1S/C25H26N6O8S2/c1-16-14-22(28-38-16)30-40(34,35)20-10-6-18(7-11-20)26-24(32)4-3-5-25(33)27-19-8-12-21(13-9-19)41(36,37)31-23-15-17(2)39-29-23/h6-15H,3-5H2,1-2H3,(H,26,32)(H,27,33)(H,28,30)(H,29,31). The van der Waals surface area contributed by atoms with E-state index in [1.807, 2.05) is 0 Å². The molecule has 4 rings (SSSR count). The number of sulfonamides is 2. The average Bonchev–Trinajstić information content (AvgIpc) is 3.50. The van der Waals surface area contributed by atoms with Crippen molar-refractivity contribution in [1.82, 2.24) is 10.3 Å². The van der Waals surface area contributed by atoms with Crippen LogP contribution in [-0.4, -0.2) is 39.0 Å². The number of benzene rings is 2. The van der Waals surface area contributed by atoms with E-state index in [9.17, 15) is 26.4 Å². The number of carbonyl (C=O) groups excluding carboxylic acids is 2. The Morgan fingerprint density at radius 1 is 0.659 bits per heavy atom. The third kappa shape index (κ3) is 8.15. The fourth-order valence-electron chi connectivity index (χ4n) is 3.51. The van der Waals surface area contributed by atoms with Crippen molar-refractivity contribution >= 4 is 54.9 Å². The van der Waals surface area contributed by atoms with Crippen molar-refractivity contribution < 1.29 is 35.5 Å². The maximum atomic E-state index is 12.5. The van der Waals surface area contributed by atoms with Gasteiger partial charge in [0.25, 0.3) is 20.0 Å². The van der Waals surface area contributed by atoms with Crippen molar-refractivity contribution in [3.63, 3.8) is 0 Å². The topological polar surface area (TPSA) is 203 Å². The molecule has 0 saturated carbocycles. The van der Waals surface area contributed by atoms with E-state index >= 15 is 0 Å². The van der Waals surface area contributed by atoms with Crippen molar-refractivity contribution in [3.8, 4) is 0 Å². The molecule has 4 N–H and O–H groups in total. The van der Waals surface area contributed by atoms with E-state index in [-0.39, 0.29) is 52.5 Å². The highest BCUT2D eigenvalue weighted by Crippen LogP contribution is 2.20. The molecule has 2 aromatic carbocycles. The monoisotopic (exact) mass is 602 g/mol. The van der Waals surface area contributed by atoms with Crippen LogP contribution in [0.25, 0.3) is 0 Å². The Hall–Kier alpha value is -4.70. The summed E-state index contributed by atoms with van der Waals surface area (Å²) in [6.07, 6.45) is 0.342. The lowest BCUT2D eigenvalue weighted by Crippen LogP contribution is -2.16. The van der Waals surface area contributed by atoms with Crippen LogP contribution in [-0.2, 0) is 29.6 Å². The highest BCUT2D eigenvalue weighted by atomic mass is 32.2. The number of nitrogens with one attached hydrogen (secondary N) is 4. The number of hydrogen-bond donors (Lipinski definition) is 4. The van der Waals surface area contributed by atoms with E-state index in [2.05, 4.69) is 30.4 Å². The van der Waals surface area contributed by atoms with Crippen molar-refractivity contribution in [2.24, 2.45) is 0 Å². The summed E-state index contributed by atoms with van der Waals surface area (Å²) in [5.41, 5.74) is 0.776.